The number of thiophene rings is 1. The summed E-state index contributed by atoms with van der Waals surface area (Å²) in [6, 6.07) is 4.28. The third kappa shape index (κ3) is 2.20. The first-order valence-electron chi connectivity index (χ1n) is 7.01. The van der Waals surface area contributed by atoms with Gasteiger partial charge in [0.05, 0.1) is 4.88 Å². The molecule has 3 heteroatoms. The summed E-state index contributed by atoms with van der Waals surface area (Å²) >= 11 is 1.58. The summed E-state index contributed by atoms with van der Waals surface area (Å²) in [6.45, 7) is 4.23. The molecule has 1 amide bonds. The van der Waals surface area contributed by atoms with Crippen LogP contribution < -0.4 is 5.32 Å². The zero-order chi connectivity index (χ0) is 12.7. The van der Waals surface area contributed by atoms with Crippen LogP contribution in [0.2, 0.25) is 0 Å². The van der Waals surface area contributed by atoms with Gasteiger partial charge < -0.3 is 5.32 Å². The Morgan fingerprint density at radius 3 is 2.78 bits per heavy atom. The molecule has 1 aromatic rings. The minimum Gasteiger partial charge on any atom is -0.349 e. The predicted octanol–water partition coefficient (Wildman–Crippen LogP) is 3.61. The van der Waals surface area contributed by atoms with Crippen molar-refractivity contribution in [1.82, 2.24) is 5.32 Å². The molecule has 2 fully saturated rings. The molecule has 2 nitrogen and oxygen atoms in total. The molecular weight excluding hydrogens is 242 g/mol. The Morgan fingerprint density at radius 2 is 2.22 bits per heavy atom. The number of rotatable bonds is 3. The Balaban J connectivity index is 1.61. The largest absolute Gasteiger partial charge is 0.349 e. The fourth-order valence-electron chi connectivity index (χ4n) is 3.85. The van der Waals surface area contributed by atoms with E-state index in [0.717, 1.165) is 16.7 Å². The van der Waals surface area contributed by atoms with Crippen molar-refractivity contribution >= 4 is 17.2 Å². The van der Waals surface area contributed by atoms with Crippen LogP contribution in [0.25, 0.3) is 0 Å². The maximum atomic E-state index is 12.1. The van der Waals surface area contributed by atoms with Crippen molar-refractivity contribution in [3.8, 4) is 0 Å². The van der Waals surface area contributed by atoms with Crippen molar-refractivity contribution in [1.29, 1.82) is 0 Å². The monoisotopic (exact) mass is 263 g/mol. The van der Waals surface area contributed by atoms with Crippen molar-refractivity contribution in [2.24, 2.45) is 17.8 Å². The highest BCUT2D eigenvalue weighted by molar-refractivity contribution is 7.13. The maximum absolute atomic E-state index is 12.1. The smallest absolute Gasteiger partial charge is 0.261 e. The average molecular weight is 263 g/mol. The van der Waals surface area contributed by atoms with Crippen LogP contribution in [0.4, 0.5) is 0 Å². The number of nitrogens with one attached hydrogen (secondary N) is 1. The van der Waals surface area contributed by atoms with E-state index in [-0.39, 0.29) is 5.91 Å². The molecule has 0 saturated heterocycles. The van der Waals surface area contributed by atoms with Gasteiger partial charge in [0, 0.05) is 10.9 Å². The summed E-state index contributed by atoms with van der Waals surface area (Å²) in [4.78, 5) is 14.2. The van der Waals surface area contributed by atoms with Crippen LogP contribution in [0.15, 0.2) is 12.1 Å². The Labute approximate surface area is 113 Å². The molecule has 2 aliphatic carbocycles. The highest BCUT2D eigenvalue weighted by atomic mass is 32.1. The summed E-state index contributed by atoms with van der Waals surface area (Å²) in [5.74, 6) is 2.65. The van der Waals surface area contributed by atoms with Gasteiger partial charge in [-0.05, 0) is 63.0 Å². The van der Waals surface area contributed by atoms with Gasteiger partial charge in [0.25, 0.3) is 5.91 Å². The van der Waals surface area contributed by atoms with Crippen LogP contribution in [-0.2, 0) is 0 Å². The summed E-state index contributed by atoms with van der Waals surface area (Å²) in [5, 5.41) is 3.21. The first-order chi connectivity index (χ1) is 8.63. The Bertz CT molecular complexity index is 453. The van der Waals surface area contributed by atoms with Gasteiger partial charge in [0.1, 0.15) is 0 Å². The summed E-state index contributed by atoms with van der Waals surface area (Å²) in [6.07, 6.45) is 5.54. The number of amides is 1. The normalized spacial score (nSPS) is 31.6. The van der Waals surface area contributed by atoms with Crippen LogP contribution >= 0.6 is 11.3 Å². The summed E-state index contributed by atoms with van der Waals surface area (Å²) in [5.41, 5.74) is 0. The molecule has 2 aliphatic rings. The van der Waals surface area contributed by atoms with E-state index in [2.05, 4.69) is 12.2 Å². The maximum Gasteiger partial charge on any atom is 0.261 e. The van der Waals surface area contributed by atoms with E-state index in [0.29, 0.717) is 12.0 Å². The zero-order valence-electron chi connectivity index (χ0n) is 11.1. The Morgan fingerprint density at radius 1 is 1.39 bits per heavy atom. The molecule has 2 bridgehead atoms. The minimum atomic E-state index is 0.114. The van der Waals surface area contributed by atoms with E-state index in [1.54, 1.807) is 11.3 Å². The van der Waals surface area contributed by atoms with Gasteiger partial charge in [-0.1, -0.05) is 6.42 Å². The number of hydrogen-bond acceptors (Lipinski definition) is 2. The van der Waals surface area contributed by atoms with Crippen LogP contribution in [0, 0.1) is 24.7 Å². The van der Waals surface area contributed by atoms with E-state index in [4.69, 9.17) is 0 Å². The predicted molar refractivity (Wildman–Crippen MR) is 74.9 cm³/mol. The lowest BCUT2D eigenvalue weighted by Gasteiger charge is -2.28. The average Bonchev–Trinajstić information content (AvgIpc) is 3.03. The van der Waals surface area contributed by atoms with Crippen LogP contribution in [-0.4, -0.2) is 11.9 Å². The van der Waals surface area contributed by atoms with Gasteiger partial charge in [-0.15, -0.1) is 11.3 Å². The topological polar surface area (TPSA) is 29.1 Å². The summed E-state index contributed by atoms with van der Waals surface area (Å²) in [7, 11) is 0. The van der Waals surface area contributed by atoms with Gasteiger partial charge in [-0.25, -0.2) is 0 Å². The number of fused-ring (bicyclic) bond motifs is 2. The Kier molecular flexibility index (Phi) is 3.18. The number of hydrogen-bond donors (Lipinski definition) is 1. The van der Waals surface area contributed by atoms with Crippen LogP contribution in [0.5, 0.6) is 0 Å². The number of carbonyl (C=O) groups is 1. The molecule has 0 unspecified atom stereocenters. The minimum absolute atomic E-state index is 0.114. The van der Waals surface area contributed by atoms with Crippen LogP contribution in [0.3, 0.4) is 0 Å². The van der Waals surface area contributed by atoms with Crippen molar-refractivity contribution in [2.45, 2.75) is 45.6 Å². The highest BCUT2D eigenvalue weighted by Gasteiger charge is 2.42. The fourth-order valence-corrected chi connectivity index (χ4v) is 4.62. The molecule has 4 atom stereocenters. The van der Waals surface area contributed by atoms with Crippen molar-refractivity contribution in [2.75, 3.05) is 0 Å². The lowest BCUT2D eigenvalue weighted by atomic mass is 9.84. The Hall–Kier alpha value is -0.830. The first kappa shape index (κ1) is 12.2. The van der Waals surface area contributed by atoms with E-state index in [1.807, 2.05) is 19.1 Å². The van der Waals surface area contributed by atoms with Crippen LogP contribution in [0.1, 0.15) is 47.2 Å². The van der Waals surface area contributed by atoms with Gasteiger partial charge in [0.15, 0.2) is 0 Å². The molecule has 1 N–H and O–H groups in total. The lowest BCUT2D eigenvalue weighted by molar-refractivity contribution is 0.0919. The summed E-state index contributed by atoms with van der Waals surface area (Å²) < 4.78 is 0. The van der Waals surface area contributed by atoms with E-state index >= 15 is 0 Å². The molecule has 0 aliphatic heterocycles. The third-order valence-corrected chi connectivity index (χ3v) is 5.76. The van der Waals surface area contributed by atoms with Gasteiger partial charge in [-0.2, -0.15) is 0 Å². The molecule has 1 aromatic heterocycles. The van der Waals surface area contributed by atoms with Crippen molar-refractivity contribution in [3.63, 3.8) is 0 Å². The molecule has 18 heavy (non-hydrogen) atoms. The third-order valence-electron chi connectivity index (χ3n) is 4.76. The highest BCUT2D eigenvalue weighted by Crippen LogP contribution is 2.49. The number of carbonyl (C=O) groups excluding carboxylic acids is 1. The SMILES string of the molecule is Cc1ccc(C(=O)N[C@@H](C)[C@@H]2C[C@H]3CC[C@@H]2C3)s1. The van der Waals surface area contributed by atoms with Crippen molar-refractivity contribution in [3.05, 3.63) is 21.9 Å². The first-order valence-corrected chi connectivity index (χ1v) is 7.82. The molecule has 0 aromatic carbocycles. The lowest BCUT2D eigenvalue weighted by Crippen LogP contribution is -2.39. The van der Waals surface area contributed by atoms with E-state index < -0.39 is 0 Å². The van der Waals surface area contributed by atoms with Gasteiger partial charge in [-0.3, -0.25) is 4.79 Å². The molecule has 3 rings (SSSR count). The van der Waals surface area contributed by atoms with Gasteiger partial charge >= 0.3 is 0 Å². The van der Waals surface area contributed by atoms with E-state index in [1.165, 1.54) is 30.6 Å². The standard InChI is InChI=1S/C15H21NOS/c1-9-3-6-14(18-9)15(17)16-10(2)13-8-11-4-5-12(13)7-11/h3,6,10-13H,4-5,7-8H2,1-2H3,(H,16,17)/t10-,11-,12+,13-/m0/s1. The molecule has 1 heterocycles. The zero-order valence-corrected chi connectivity index (χ0v) is 11.9. The molecule has 0 radical (unpaired) electrons. The molecule has 98 valence electrons. The second kappa shape index (κ2) is 4.69. The second-order valence-electron chi connectivity index (χ2n) is 6.01. The van der Waals surface area contributed by atoms with Crippen molar-refractivity contribution < 1.29 is 4.79 Å². The molecule has 0 spiro atoms. The van der Waals surface area contributed by atoms with Gasteiger partial charge in [0.2, 0.25) is 0 Å². The second-order valence-corrected chi connectivity index (χ2v) is 7.30. The molecular formula is C15H21NOS. The fraction of sp³-hybridized carbons (Fsp3) is 0.667. The molecule has 2 saturated carbocycles. The van der Waals surface area contributed by atoms with E-state index in [9.17, 15) is 4.79 Å². The quantitative estimate of drug-likeness (QED) is 0.887. The number of aryl methyl sites for hydroxylation is 1.